The molecule has 2 nitrogen and oxygen atoms in total. The topological polar surface area (TPSA) is 49.8 Å². The zero-order valence-corrected chi connectivity index (χ0v) is 8.25. The molecule has 0 saturated heterocycles. The highest BCUT2D eigenvalue weighted by molar-refractivity contribution is 7.10. The van der Waals surface area contributed by atoms with Gasteiger partial charge >= 0.3 is 0 Å². The molecule has 0 aliphatic carbocycles. The molecule has 0 bridgehead atoms. The fraction of sp³-hybridized carbons (Fsp3) is 0.375. The molecule has 0 aromatic carbocycles. The summed E-state index contributed by atoms with van der Waals surface area (Å²) in [5, 5.41) is 11.1. The number of rotatable bonds is 2. The molecule has 64 valence electrons. The molecule has 0 amide bonds. The van der Waals surface area contributed by atoms with Crippen LogP contribution in [0.1, 0.15) is 22.9 Å². The van der Waals surface area contributed by atoms with Gasteiger partial charge in [-0.2, -0.15) is 5.26 Å². The Bertz CT molecular complexity index is 313. The standard InChI is InChI=1S/C8H9ClN2S/c1-5-4-12-8(7(5)9)6(11)2-3-10/h4,6H,2,11H2,1H3. The summed E-state index contributed by atoms with van der Waals surface area (Å²) in [4.78, 5) is 0.913. The van der Waals surface area contributed by atoms with Gasteiger partial charge < -0.3 is 5.73 Å². The first kappa shape index (κ1) is 9.53. The smallest absolute Gasteiger partial charge is 0.0642 e. The van der Waals surface area contributed by atoms with Gasteiger partial charge in [0.05, 0.1) is 23.6 Å². The van der Waals surface area contributed by atoms with Crippen molar-refractivity contribution in [1.29, 1.82) is 5.26 Å². The highest BCUT2D eigenvalue weighted by Gasteiger charge is 2.13. The SMILES string of the molecule is Cc1csc(C(N)CC#N)c1Cl. The van der Waals surface area contributed by atoms with Crippen LogP contribution in [0, 0.1) is 18.3 Å². The van der Waals surface area contributed by atoms with Gasteiger partial charge in [-0.3, -0.25) is 0 Å². The van der Waals surface area contributed by atoms with E-state index in [4.69, 9.17) is 22.6 Å². The minimum Gasteiger partial charge on any atom is -0.322 e. The lowest BCUT2D eigenvalue weighted by Gasteiger charge is -2.04. The second-order valence-corrected chi connectivity index (χ2v) is 3.85. The number of hydrogen-bond acceptors (Lipinski definition) is 3. The summed E-state index contributed by atoms with van der Waals surface area (Å²) in [5.74, 6) is 0. The highest BCUT2D eigenvalue weighted by Crippen LogP contribution is 2.32. The lowest BCUT2D eigenvalue weighted by molar-refractivity contribution is 0.764. The van der Waals surface area contributed by atoms with Crippen molar-refractivity contribution in [3.05, 3.63) is 20.8 Å². The van der Waals surface area contributed by atoms with Crippen LogP contribution in [0.2, 0.25) is 5.02 Å². The molecule has 0 saturated carbocycles. The monoisotopic (exact) mass is 200 g/mol. The number of halogens is 1. The van der Waals surface area contributed by atoms with Gasteiger partial charge in [0.15, 0.2) is 0 Å². The van der Waals surface area contributed by atoms with Crippen LogP contribution in [0.15, 0.2) is 5.38 Å². The first-order valence-electron chi connectivity index (χ1n) is 3.52. The summed E-state index contributed by atoms with van der Waals surface area (Å²) in [5.41, 5.74) is 6.76. The molecule has 1 rings (SSSR count). The number of nitriles is 1. The van der Waals surface area contributed by atoms with Crippen LogP contribution in [-0.2, 0) is 0 Å². The molecule has 0 fully saturated rings. The summed E-state index contributed by atoms with van der Waals surface area (Å²) >= 11 is 7.48. The number of thiophene rings is 1. The van der Waals surface area contributed by atoms with Crippen LogP contribution in [0.4, 0.5) is 0 Å². The molecule has 0 spiro atoms. The summed E-state index contributed by atoms with van der Waals surface area (Å²) in [6.45, 7) is 1.93. The second kappa shape index (κ2) is 3.90. The zero-order chi connectivity index (χ0) is 9.14. The van der Waals surface area contributed by atoms with E-state index >= 15 is 0 Å². The van der Waals surface area contributed by atoms with Gasteiger partial charge in [0, 0.05) is 4.88 Å². The fourth-order valence-electron chi connectivity index (χ4n) is 0.891. The molecule has 1 unspecified atom stereocenters. The molecular formula is C8H9ClN2S. The maximum absolute atomic E-state index is 8.43. The Morgan fingerprint density at radius 1 is 1.83 bits per heavy atom. The van der Waals surface area contributed by atoms with Crippen molar-refractivity contribution in [1.82, 2.24) is 0 Å². The number of nitrogens with two attached hydrogens (primary N) is 1. The van der Waals surface area contributed by atoms with Crippen molar-refractivity contribution in [3.63, 3.8) is 0 Å². The molecule has 0 aliphatic rings. The van der Waals surface area contributed by atoms with E-state index in [1.54, 1.807) is 0 Å². The second-order valence-electron chi connectivity index (χ2n) is 2.57. The largest absolute Gasteiger partial charge is 0.322 e. The third-order valence-corrected chi connectivity index (χ3v) is 3.42. The lowest BCUT2D eigenvalue weighted by atomic mass is 10.2. The van der Waals surface area contributed by atoms with E-state index < -0.39 is 0 Å². The van der Waals surface area contributed by atoms with Crippen molar-refractivity contribution >= 4 is 22.9 Å². The Hall–Kier alpha value is -0.560. The summed E-state index contributed by atoms with van der Waals surface area (Å²) < 4.78 is 0. The Kier molecular flexibility index (Phi) is 3.10. The van der Waals surface area contributed by atoms with Gasteiger partial charge in [0.2, 0.25) is 0 Å². The van der Waals surface area contributed by atoms with Gasteiger partial charge in [0.1, 0.15) is 0 Å². The van der Waals surface area contributed by atoms with Crippen LogP contribution in [0.25, 0.3) is 0 Å². The molecule has 1 aromatic rings. The van der Waals surface area contributed by atoms with E-state index in [2.05, 4.69) is 0 Å². The van der Waals surface area contributed by atoms with Crippen LogP contribution in [0.3, 0.4) is 0 Å². The van der Waals surface area contributed by atoms with Gasteiger partial charge in [0.25, 0.3) is 0 Å². The predicted molar refractivity (Wildman–Crippen MR) is 51.2 cm³/mol. The summed E-state index contributed by atoms with van der Waals surface area (Å²) in [7, 11) is 0. The average Bonchev–Trinajstić information content (AvgIpc) is 2.34. The third-order valence-electron chi connectivity index (χ3n) is 1.57. The highest BCUT2D eigenvalue weighted by atomic mass is 35.5. The van der Waals surface area contributed by atoms with E-state index in [0.717, 1.165) is 10.4 Å². The number of nitrogens with zero attached hydrogens (tertiary/aromatic N) is 1. The molecule has 0 radical (unpaired) electrons. The first-order valence-corrected chi connectivity index (χ1v) is 4.78. The molecule has 2 N–H and O–H groups in total. The maximum Gasteiger partial charge on any atom is 0.0642 e. The Balaban J connectivity index is 2.89. The Labute approximate surface area is 80.6 Å². The summed E-state index contributed by atoms with van der Waals surface area (Å²) in [6.07, 6.45) is 0.319. The van der Waals surface area contributed by atoms with Crippen molar-refractivity contribution in [2.45, 2.75) is 19.4 Å². The molecule has 0 aliphatic heterocycles. The van der Waals surface area contributed by atoms with Gasteiger partial charge in [-0.05, 0) is 17.9 Å². The van der Waals surface area contributed by atoms with Crippen LogP contribution < -0.4 is 5.73 Å². The third kappa shape index (κ3) is 1.78. The van der Waals surface area contributed by atoms with Gasteiger partial charge in [-0.15, -0.1) is 11.3 Å². The fourth-order valence-corrected chi connectivity index (χ4v) is 2.23. The van der Waals surface area contributed by atoms with Crippen LogP contribution >= 0.6 is 22.9 Å². The molecule has 12 heavy (non-hydrogen) atoms. The Morgan fingerprint density at radius 3 is 2.92 bits per heavy atom. The van der Waals surface area contributed by atoms with E-state index in [-0.39, 0.29) is 6.04 Å². The molecule has 1 heterocycles. The molecule has 1 aromatic heterocycles. The van der Waals surface area contributed by atoms with Crippen molar-refractivity contribution < 1.29 is 0 Å². The van der Waals surface area contributed by atoms with E-state index in [0.29, 0.717) is 11.4 Å². The minimum absolute atomic E-state index is 0.235. The first-order chi connectivity index (χ1) is 5.66. The molecular weight excluding hydrogens is 192 g/mol. The minimum atomic E-state index is -0.235. The number of aryl methyl sites for hydroxylation is 1. The number of hydrogen-bond donors (Lipinski definition) is 1. The molecule has 1 atom stereocenters. The normalized spacial score (nSPS) is 12.5. The van der Waals surface area contributed by atoms with Crippen molar-refractivity contribution in [2.75, 3.05) is 0 Å². The van der Waals surface area contributed by atoms with Crippen LogP contribution in [0.5, 0.6) is 0 Å². The quantitative estimate of drug-likeness (QED) is 0.798. The van der Waals surface area contributed by atoms with E-state index in [1.807, 2.05) is 18.4 Å². The van der Waals surface area contributed by atoms with Crippen molar-refractivity contribution in [3.8, 4) is 6.07 Å². The Morgan fingerprint density at radius 2 is 2.50 bits per heavy atom. The summed E-state index contributed by atoms with van der Waals surface area (Å²) in [6, 6.07) is 1.79. The van der Waals surface area contributed by atoms with Crippen molar-refractivity contribution in [2.24, 2.45) is 5.73 Å². The van der Waals surface area contributed by atoms with E-state index in [1.165, 1.54) is 11.3 Å². The van der Waals surface area contributed by atoms with Gasteiger partial charge in [-0.1, -0.05) is 11.6 Å². The van der Waals surface area contributed by atoms with Gasteiger partial charge in [-0.25, -0.2) is 0 Å². The molecule has 4 heteroatoms. The predicted octanol–water partition coefficient (Wildman–Crippen LogP) is 2.62. The lowest BCUT2D eigenvalue weighted by Crippen LogP contribution is -2.07. The maximum atomic E-state index is 8.43. The van der Waals surface area contributed by atoms with E-state index in [9.17, 15) is 0 Å². The average molecular weight is 201 g/mol. The van der Waals surface area contributed by atoms with Crippen LogP contribution in [-0.4, -0.2) is 0 Å². The zero-order valence-electron chi connectivity index (χ0n) is 6.67.